The number of hydrogen-bond donors (Lipinski definition) is 0. The van der Waals surface area contributed by atoms with Crippen molar-refractivity contribution in [2.75, 3.05) is 0 Å². The quantitative estimate of drug-likeness (QED) is 0.161. The molecule has 1 heterocycles. The van der Waals surface area contributed by atoms with Crippen LogP contribution in [-0.2, 0) is 5.41 Å². The fraction of sp³-hybridized carbons (Fsp3) is 0.103. The second kappa shape index (κ2) is 15.7. The predicted molar refractivity (Wildman–Crippen MR) is 252 cm³/mol. The van der Waals surface area contributed by atoms with E-state index in [-0.39, 0.29) is 5.41 Å². The minimum absolute atomic E-state index is 0.0374. The average Bonchev–Trinajstić information content (AvgIpc) is 3.62. The molecule has 1 aromatic heterocycles. The summed E-state index contributed by atoms with van der Waals surface area (Å²) in [5.41, 5.74) is 18.2. The summed E-state index contributed by atoms with van der Waals surface area (Å²) in [5.74, 6) is 1.90. The number of benzene rings is 8. The lowest BCUT2D eigenvalue weighted by atomic mass is 9.67. The first-order valence-electron chi connectivity index (χ1n) is 21.6. The number of hydrogen-bond acceptors (Lipinski definition) is 4. The maximum Gasteiger partial charge on any atom is 0.164 e. The van der Waals surface area contributed by atoms with Crippen LogP contribution in [0.2, 0.25) is 0 Å². The fourth-order valence-corrected chi connectivity index (χ4v) is 9.91. The summed E-state index contributed by atoms with van der Waals surface area (Å²) >= 11 is 0. The molecule has 8 aromatic carbocycles. The lowest BCUT2D eigenvalue weighted by Gasteiger charge is -2.36. The van der Waals surface area contributed by atoms with Gasteiger partial charge < -0.3 is 0 Å². The van der Waals surface area contributed by atoms with E-state index < -0.39 is 0 Å². The Balaban J connectivity index is 0.918. The van der Waals surface area contributed by atoms with Gasteiger partial charge in [0.2, 0.25) is 0 Å². The van der Waals surface area contributed by atoms with Crippen molar-refractivity contribution in [1.29, 1.82) is 5.26 Å². The molecule has 1 fully saturated rings. The van der Waals surface area contributed by atoms with Crippen LogP contribution < -0.4 is 0 Å². The third-order valence-corrected chi connectivity index (χ3v) is 13.0. The van der Waals surface area contributed by atoms with E-state index in [1.807, 2.05) is 42.5 Å². The highest BCUT2D eigenvalue weighted by Gasteiger charge is 2.44. The standard InChI is InChI=1S/C58H42N4/c59-38-39-23-32-52-51(35-39)54-50(21-12-22-53(54)58(52)33-8-3-9-34-58)43-28-24-42(25-29-43)46-17-10-18-47(36-46)48-19-11-20-49(37-48)57-61-55(44-15-6-2-7-16-44)60-56(62-57)45-30-26-41(27-31-45)40-13-4-1-5-14-40/h1-2,4-7,10-32,35-37H,3,8-9,33-34H2. The highest BCUT2D eigenvalue weighted by atomic mass is 15.0. The van der Waals surface area contributed by atoms with Gasteiger partial charge in [0, 0.05) is 22.1 Å². The lowest BCUT2D eigenvalue weighted by Crippen LogP contribution is -2.28. The predicted octanol–water partition coefficient (Wildman–Crippen LogP) is 14.6. The van der Waals surface area contributed by atoms with Gasteiger partial charge in [0.25, 0.3) is 0 Å². The Morgan fingerprint density at radius 3 is 1.47 bits per heavy atom. The molecule has 0 amide bonds. The third-order valence-electron chi connectivity index (χ3n) is 13.0. The maximum absolute atomic E-state index is 9.88. The van der Waals surface area contributed by atoms with E-state index in [9.17, 15) is 5.26 Å². The van der Waals surface area contributed by atoms with Crippen molar-refractivity contribution in [3.8, 4) is 95.9 Å². The Kier molecular flexibility index (Phi) is 9.44. The average molecular weight is 795 g/mol. The smallest absolute Gasteiger partial charge is 0.164 e. The van der Waals surface area contributed by atoms with Crippen molar-refractivity contribution in [3.05, 3.63) is 211 Å². The van der Waals surface area contributed by atoms with Crippen LogP contribution in [-0.4, -0.2) is 15.0 Å². The Bertz CT molecular complexity index is 3140. The third kappa shape index (κ3) is 6.69. The zero-order chi connectivity index (χ0) is 41.5. The monoisotopic (exact) mass is 794 g/mol. The fourth-order valence-electron chi connectivity index (χ4n) is 9.91. The molecule has 0 N–H and O–H groups in total. The highest BCUT2D eigenvalue weighted by Crippen LogP contribution is 2.58. The molecule has 4 heteroatoms. The minimum atomic E-state index is 0.0374. The van der Waals surface area contributed by atoms with Gasteiger partial charge in [0.15, 0.2) is 17.5 Å². The van der Waals surface area contributed by atoms with Gasteiger partial charge in [-0.3, -0.25) is 0 Å². The summed E-state index contributed by atoms with van der Waals surface area (Å²) in [6.07, 6.45) is 6.09. The summed E-state index contributed by atoms with van der Waals surface area (Å²) in [5, 5.41) is 9.88. The van der Waals surface area contributed by atoms with Crippen molar-refractivity contribution in [2.45, 2.75) is 37.5 Å². The summed E-state index contributed by atoms with van der Waals surface area (Å²) in [7, 11) is 0. The van der Waals surface area contributed by atoms with Gasteiger partial charge in [0.1, 0.15) is 0 Å². The molecule has 11 rings (SSSR count). The van der Waals surface area contributed by atoms with Gasteiger partial charge in [-0.15, -0.1) is 0 Å². The molecule has 0 aliphatic heterocycles. The molecule has 0 radical (unpaired) electrons. The summed E-state index contributed by atoms with van der Waals surface area (Å²) in [4.78, 5) is 15.1. The molecule has 4 nitrogen and oxygen atoms in total. The van der Waals surface area contributed by atoms with Crippen LogP contribution in [0.3, 0.4) is 0 Å². The number of fused-ring (bicyclic) bond motifs is 5. The molecule has 9 aromatic rings. The van der Waals surface area contributed by atoms with Crippen LogP contribution in [0.1, 0.15) is 48.8 Å². The number of rotatable bonds is 7. The molecule has 0 saturated heterocycles. The summed E-state index contributed by atoms with van der Waals surface area (Å²) in [6.45, 7) is 0. The first-order chi connectivity index (χ1) is 30.6. The van der Waals surface area contributed by atoms with Gasteiger partial charge in [-0.05, 0) is 104 Å². The van der Waals surface area contributed by atoms with Crippen LogP contribution in [0.25, 0.3) is 89.8 Å². The van der Waals surface area contributed by atoms with Crippen molar-refractivity contribution < 1.29 is 0 Å². The number of nitrogens with zero attached hydrogens (tertiary/aromatic N) is 4. The van der Waals surface area contributed by atoms with Crippen molar-refractivity contribution in [2.24, 2.45) is 0 Å². The van der Waals surface area contributed by atoms with Gasteiger partial charge in [0.05, 0.1) is 11.6 Å². The Morgan fingerprint density at radius 1 is 0.355 bits per heavy atom. The second-order valence-electron chi connectivity index (χ2n) is 16.6. The molecule has 294 valence electrons. The number of nitriles is 1. The van der Waals surface area contributed by atoms with Crippen LogP contribution in [0.5, 0.6) is 0 Å². The SMILES string of the molecule is N#Cc1ccc2c(c1)-c1c(-c3ccc(-c4cccc(-c5cccc(-c6nc(-c7ccccc7)nc(-c7ccc(-c8ccccc8)cc7)n6)c5)c4)cc3)cccc1C21CCCCC1. The first-order valence-corrected chi connectivity index (χ1v) is 21.6. The molecule has 62 heavy (non-hydrogen) atoms. The van der Waals surface area contributed by atoms with Crippen LogP contribution in [0.15, 0.2) is 194 Å². The second-order valence-corrected chi connectivity index (χ2v) is 16.6. The van der Waals surface area contributed by atoms with E-state index in [2.05, 4.69) is 158 Å². The normalized spacial score (nSPS) is 13.6. The largest absolute Gasteiger partial charge is 0.208 e. The summed E-state index contributed by atoms with van der Waals surface area (Å²) < 4.78 is 0. The zero-order valence-electron chi connectivity index (χ0n) is 34.3. The van der Waals surface area contributed by atoms with E-state index in [4.69, 9.17) is 15.0 Å². The molecular formula is C58H42N4. The van der Waals surface area contributed by atoms with Gasteiger partial charge >= 0.3 is 0 Å². The lowest BCUT2D eigenvalue weighted by molar-refractivity contribution is 0.353. The van der Waals surface area contributed by atoms with Crippen LogP contribution >= 0.6 is 0 Å². The van der Waals surface area contributed by atoms with Crippen LogP contribution in [0.4, 0.5) is 0 Å². The van der Waals surface area contributed by atoms with E-state index in [0.29, 0.717) is 17.5 Å². The van der Waals surface area contributed by atoms with Crippen LogP contribution in [0, 0.1) is 11.3 Å². The Morgan fingerprint density at radius 2 is 0.823 bits per heavy atom. The van der Waals surface area contributed by atoms with E-state index in [0.717, 1.165) is 62.9 Å². The van der Waals surface area contributed by atoms with Gasteiger partial charge in [-0.2, -0.15) is 5.26 Å². The molecule has 2 aliphatic rings. The van der Waals surface area contributed by atoms with E-state index in [1.165, 1.54) is 58.2 Å². The molecule has 1 saturated carbocycles. The maximum atomic E-state index is 9.88. The van der Waals surface area contributed by atoms with Crippen molar-refractivity contribution in [3.63, 3.8) is 0 Å². The van der Waals surface area contributed by atoms with E-state index in [1.54, 1.807) is 0 Å². The summed E-state index contributed by atoms with van der Waals surface area (Å²) in [6, 6.07) is 70.8. The van der Waals surface area contributed by atoms with Crippen molar-refractivity contribution >= 4 is 0 Å². The van der Waals surface area contributed by atoms with Gasteiger partial charge in [-0.1, -0.05) is 189 Å². The first kappa shape index (κ1) is 37.3. The van der Waals surface area contributed by atoms with E-state index >= 15 is 0 Å². The Hall–Kier alpha value is -7.74. The van der Waals surface area contributed by atoms with Gasteiger partial charge in [-0.25, -0.2) is 15.0 Å². The molecule has 0 atom stereocenters. The molecule has 2 aliphatic carbocycles. The highest BCUT2D eigenvalue weighted by molar-refractivity contribution is 5.93. The molecule has 0 unspecified atom stereocenters. The minimum Gasteiger partial charge on any atom is -0.208 e. The van der Waals surface area contributed by atoms with Crippen molar-refractivity contribution in [1.82, 2.24) is 15.0 Å². The zero-order valence-corrected chi connectivity index (χ0v) is 34.3. The molecular weight excluding hydrogens is 753 g/mol. The number of aromatic nitrogens is 3. The molecule has 1 spiro atoms. The Labute approximate surface area is 362 Å². The topological polar surface area (TPSA) is 62.5 Å². The molecule has 0 bridgehead atoms.